The summed E-state index contributed by atoms with van der Waals surface area (Å²) in [6.07, 6.45) is 0. The Bertz CT molecular complexity index is 787. The SMILES string of the molecule is COc1cc(CNCCNCCO)cc(Br)c1OCc1ccc2c(c1)OCO2. The highest BCUT2D eigenvalue weighted by molar-refractivity contribution is 9.10. The van der Waals surface area contributed by atoms with E-state index in [9.17, 15) is 0 Å². The molecule has 0 fully saturated rings. The summed E-state index contributed by atoms with van der Waals surface area (Å²) >= 11 is 3.59. The number of halogens is 1. The first-order valence-electron chi connectivity index (χ1n) is 9.11. The van der Waals surface area contributed by atoms with Crippen molar-refractivity contribution in [1.29, 1.82) is 0 Å². The van der Waals surface area contributed by atoms with Crippen LogP contribution in [0.25, 0.3) is 0 Å². The lowest BCUT2D eigenvalue weighted by atomic mass is 10.2. The molecule has 0 aromatic heterocycles. The quantitative estimate of drug-likeness (QED) is 0.451. The van der Waals surface area contributed by atoms with Crippen molar-refractivity contribution in [3.8, 4) is 23.0 Å². The molecule has 1 aliphatic rings. The second kappa shape index (κ2) is 10.5. The maximum absolute atomic E-state index is 8.75. The minimum Gasteiger partial charge on any atom is -0.493 e. The van der Waals surface area contributed by atoms with Crippen LogP contribution in [0.2, 0.25) is 0 Å². The molecule has 1 aliphatic heterocycles. The Balaban J connectivity index is 1.58. The summed E-state index contributed by atoms with van der Waals surface area (Å²) in [5, 5.41) is 15.2. The number of fused-ring (bicyclic) bond motifs is 1. The van der Waals surface area contributed by atoms with Gasteiger partial charge in [-0.1, -0.05) is 6.07 Å². The second-order valence-electron chi connectivity index (χ2n) is 6.24. The largest absolute Gasteiger partial charge is 0.493 e. The molecule has 0 spiro atoms. The zero-order chi connectivity index (χ0) is 19.8. The zero-order valence-electron chi connectivity index (χ0n) is 15.8. The number of nitrogens with one attached hydrogen (secondary N) is 2. The standard InChI is InChI=1S/C20H25BrN2O5/c1-25-19-10-15(11-23-5-4-22-6-7-24)8-16(21)20(19)26-12-14-2-3-17-18(9-14)28-13-27-17/h2-3,8-10,22-24H,4-7,11-13H2,1H3. The first-order chi connectivity index (χ1) is 13.7. The van der Waals surface area contributed by atoms with Crippen molar-refractivity contribution in [3.05, 3.63) is 45.9 Å². The van der Waals surface area contributed by atoms with Crippen LogP contribution >= 0.6 is 15.9 Å². The molecule has 0 amide bonds. The molecule has 28 heavy (non-hydrogen) atoms. The third kappa shape index (κ3) is 5.51. The van der Waals surface area contributed by atoms with Crippen molar-refractivity contribution >= 4 is 15.9 Å². The van der Waals surface area contributed by atoms with Crippen molar-refractivity contribution < 1.29 is 24.1 Å². The van der Waals surface area contributed by atoms with Crippen molar-refractivity contribution in [1.82, 2.24) is 10.6 Å². The molecule has 8 heteroatoms. The van der Waals surface area contributed by atoms with Gasteiger partial charge in [-0.15, -0.1) is 0 Å². The molecule has 0 bridgehead atoms. The van der Waals surface area contributed by atoms with Crippen molar-refractivity contribution in [2.24, 2.45) is 0 Å². The maximum Gasteiger partial charge on any atom is 0.231 e. The monoisotopic (exact) mass is 452 g/mol. The number of benzene rings is 2. The highest BCUT2D eigenvalue weighted by Gasteiger charge is 2.15. The fourth-order valence-electron chi connectivity index (χ4n) is 2.82. The van der Waals surface area contributed by atoms with E-state index in [1.165, 1.54) is 0 Å². The lowest BCUT2D eigenvalue weighted by Crippen LogP contribution is -2.28. The minimum absolute atomic E-state index is 0.151. The molecule has 0 atom stereocenters. The summed E-state index contributed by atoms with van der Waals surface area (Å²) in [5.74, 6) is 2.83. The highest BCUT2D eigenvalue weighted by Crippen LogP contribution is 2.38. The normalized spacial score (nSPS) is 12.2. The van der Waals surface area contributed by atoms with Gasteiger partial charge in [-0.05, 0) is 51.3 Å². The molecular formula is C20H25BrN2O5. The summed E-state index contributed by atoms with van der Waals surface area (Å²) in [6, 6.07) is 9.75. The Morgan fingerprint density at radius 1 is 1.04 bits per heavy atom. The van der Waals surface area contributed by atoms with E-state index in [4.69, 9.17) is 24.1 Å². The zero-order valence-corrected chi connectivity index (χ0v) is 17.4. The number of rotatable bonds is 11. The second-order valence-corrected chi connectivity index (χ2v) is 7.09. The number of aliphatic hydroxyl groups excluding tert-OH is 1. The van der Waals surface area contributed by atoms with Gasteiger partial charge in [0.1, 0.15) is 6.61 Å². The van der Waals surface area contributed by atoms with Crippen LogP contribution in [0.4, 0.5) is 0 Å². The van der Waals surface area contributed by atoms with Crippen LogP contribution in [0, 0.1) is 0 Å². The number of ether oxygens (including phenoxy) is 4. The number of aliphatic hydroxyl groups is 1. The van der Waals surface area contributed by atoms with Gasteiger partial charge in [-0.2, -0.15) is 0 Å². The molecule has 3 rings (SSSR count). The van der Waals surface area contributed by atoms with Crippen LogP contribution in [0.1, 0.15) is 11.1 Å². The summed E-state index contributed by atoms with van der Waals surface area (Å²) in [5.41, 5.74) is 2.07. The average Bonchev–Trinajstić information content (AvgIpc) is 3.17. The molecule has 7 nitrogen and oxygen atoms in total. The van der Waals surface area contributed by atoms with E-state index in [0.29, 0.717) is 31.2 Å². The van der Waals surface area contributed by atoms with E-state index < -0.39 is 0 Å². The fraction of sp³-hybridized carbons (Fsp3) is 0.400. The van der Waals surface area contributed by atoms with Crippen molar-refractivity contribution in [3.63, 3.8) is 0 Å². The molecular weight excluding hydrogens is 428 g/mol. The Morgan fingerprint density at radius 3 is 2.68 bits per heavy atom. The lowest BCUT2D eigenvalue weighted by Gasteiger charge is -2.15. The van der Waals surface area contributed by atoms with Gasteiger partial charge in [0.15, 0.2) is 23.0 Å². The van der Waals surface area contributed by atoms with E-state index >= 15 is 0 Å². The van der Waals surface area contributed by atoms with E-state index in [1.54, 1.807) is 7.11 Å². The third-order valence-corrected chi connectivity index (χ3v) is 4.79. The van der Waals surface area contributed by atoms with Crippen molar-refractivity contribution in [2.45, 2.75) is 13.2 Å². The van der Waals surface area contributed by atoms with Gasteiger partial charge >= 0.3 is 0 Å². The van der Waals surface area contributed by atoms with Gasteiger partial charge in [-0.25, -0.2) is 0 Å². The summed E-state index contributed by atoms with van der Waals surface area (Å²) in [4.78, 5) is 0. The smallest absolute Gasteiger partial charge is 0.231 e. The Labute approximate surface area is 173 Å². The molecule has 2 aromatic carbocycles. The number of hydrogen-bond acceptors (Lipinski definition) is 7. The van der Waals surface area contributed by atoms with E-state index in [1.807, 2.05) is 30.3 Å². The summed E-state index contributed by atoms with van der Waals surface area (Å²) in [7, 11) is 1.63. The van der Waals surface area contributed by atoms with E-state index in [2.05, 4.69) is 26.6 Å². The Morgan fingerprint density at radius 2 is 1.86 bits per heavy atom. The molecule has 0 saturated carbocycles. The minimum atomic E-state index is 0.151. The topological polar surface area (TPSA) is 81.2 Å². The van der Waals surface area contributed by atoms with Crippen LogP contribution in [-0.2, 0) is 13.2 Å². The van der Waals surface area contributed by atoms with Crippen LogP contribution < -0.4 is 29.6 Å². The predicted molar refractivity (Wildman–Crippen MR) is 109 cm³/mol. The highest BCUT2D eigenvalue weighted by atomic mass is 79.9. The van der Waals surface area contributed by atoms with Gasteiger partial charge < -0.3 is 34.7 Å². The van der Waals surface area contributed by atoms with Crippen LogP contribution in [0.5, 0.6) is 23.0 Å². The van der Waals surface area contributed by atoms with E-state index in [0.717, 1.165) is 40.2 Å². The van der Waals surface area contributed by atoms with Gasteiger partial charge in [0.05, 0.1) is 18.2 Å². The van der Waals surface area contributed by atoms with Crippen molar-refractivity contribution in [2.75, 3.05) is 40.1 Å². The molecule has 0 unspecified atom stereocenters. The summed E-state index contributed by atoms with van der Waals surface area (Å²) in [6.45, 7) is 3.72. The Hall–Kier alpha value is -2.00. The lowest BCUT2D eigenvalue weighted by molar-refractivity contribution is 0.174. The number of methoxy groups -OCH3 is 1. The van der Waals surface area contributed by atoms with Crippen LogP contribution in [0.3, 0.4) is 0 Å². The van der Waals surface area contributed by atoms with Crippen LogP contribution in [0.15, 0.2) is 34.8 Å². The average molecular weight is 453 g/mol. The maximum atomic E-state index is 8.75. The molecule has 0 radical (unpaired) electrons. The van der Waals surface area contributed by atoms with Gasteiger partial charge in [-0.3, -0.25) is 0 Å². The molecule has 1 heterocycles. The molecule has 2 aromatic rings. The van der Waals surface area contributed by atoms with Gasteiger partial charge in [0.2, 0.25) is 6.79 Å². The fourth-order valence-corrected chi connectivity index (χ4v) is 3.42. The first-order valence-corrected chi connectivity index (χ1v) is 9.90. The van der Waals surface area contributed by atoms with E-state index in [-0.39, 0.29) is 13.4 Å². The molecule has 152 valence electrons. The number of hydrogen-bond donors (Lipinski definition) is 3. The molecule has 0 aliphatic carbocycles. The van der Waals surface area contributed by atoms with Gasteiger partial charge in [0, 0.05) is 26.2 Å². The Kier molecular flexibility index (Phi) is 7.79. The predicted octanol–water partition coefficient (Wildman–Crippen LogP) is 2.44. The third-order valence-electron chi connectivity index (χ3n) is 4.21. The summed E-state index contributed by atoms with van der Waals surface area (Å²) < 4.78 is 23.1. The van der Waals surface area contributed by atoms with Gasteiger partial charge in [0.25, 0.3) is 0 Å². The van der Waals surface area contributed by atoms with Crippen LogP contribution in [-0.4, -0.2) is 45.3 Å². The molecule has 0 saturated heterocycles. The molecule has 3 N–H and O–H groups in total. The first kappa shape index (κ1) is 20.7.